The first-order valence-corrected chi connectivity index (χ1v) is 44.1. The molecule has 20 nitrogen and oxygen atoms in total. The molecule has 26 heteroatoms. The standard InChI is InChI=1S/C29H30ClN2O3.C21H23ClN2O2.C14H12ClNO2.C8H6BrClO2.C8H7BrO.C7H13NO.C6H7N.2C2H3N.4CH4/c30-24-13-11-23(12-14-24)28(31-25-9-5-2-6-10-25)29(34)35-27-20-32(17-15-22(27)16-18-32)19-26(33)21-7-3-1-4-8-21;22-17-8-6-16(7-9-17)20(23-18-4-2-1-3-5-18)21(25)26-19-14-24-12-10-15(19)11-13-24;15-11-8-6-10(7-9-11)13(14(17)18)16-12-4-2-1-3-5-12;9-7(8(11)12)5-1-3-6(10)4-2-5;9-6-8(10)7-4-2-1-3-5-7;9-7-5-8-3-1-6(7)2-4-8;7-6-4-2-1-3-5-6;2*1-2-3;;;;/h1-14,22,27-28,31H,15-20H2;1-9,15,19-20,23H,10-14H2;1-9,13,16H,(H,17,18);1-4,7H,(H,11,12);1-5H,6H2;6-7,9H,1-5H2;1-5H,7H2;2*1H3;4*1H4/q+1;;;;;;;;;;;;/t22?,27-,28?,32?;19-,20?;;;;7-;;;;;;;/m00...0......./s1. The number of nitrogens with zero attached hydrogens (tertiary/aromatic N) is 5. The van der Waals surface area contributed by atoms with Crippen LogP contribution in [0, 0.1) is 40.4 Å². The monoisotopic (exact) mass is 1930 g/mol. The number of piperidine rings is 9. The number of para-hydroxylation sites is 4. The average molecular weight is 1940 g/mol. The van der Waals surface area contributed by atoms with Crippen LogP contribution in [-0.4, -0.2) is 154 Å². The predicted octanol–water partition coefficient (Wildman–Crippen LogP) is 23.3. The summed E-state index contributed by atoms with van der Waals surface area (Å²) in [7, 11) is 0. The zero-order valence-corrected chi connectivity index (χ0v) is 74.7. The van der Waals surface area contributed by atoms with Crippen molar-refractivity contribution in [3.8, 4) is 12.1 Å². The number of halogens is 6. The number of ether oxygens (including phenoxy) is 2. The minimum absolute atomic E-state index is 0. The normalized spacial score (nSPS) is 19.5. The summed E-state index contributed by atoms with van der Waals surface area (Å²) in [6.45, 7) is 12.4. The van der Waals surface area contributed by atoms with Gasteiger partial charge in [-0.25, -0.2) is 14.4 Å². The van der Waals surface area contributed by atoms with Crippen molar-refractivity contribution in [1.82, 2.24) is 9.80 Å². The second kappa shape index (κ2) is 58.1. The molecule has 676 valence electrons. The third kappa shape index (κ3) is 36.7. The van der Waals surface area contributed by atoms with E-state index >= 15 is 0 Å². The van der Waals surface area contributed by atoms with Gasteiger partial charge in [-0.3, -0.25) is 19.3 Å². The van der Waals surface area contributed by atoms with Crippen molar-refractivity contribution in [3.63, 3.8) is 0 Å². The molecule has 9 aliphatic heterocycles. The van der Waals surface area contributed by atoms with Crippen molar-refractivity contribution in [3.05, 3.63) is 333 Å². The first kappa shape index (κ1) is 109. The van der Waals surface area contributed by atoms with Crippen molar-refractivity contribution < 1.29 is 58.0 Å². The van der Waals surface area contributed by atoms with Gasteiger partial charge in [0.1, 0.15) is 24.0 Å². The number of hydrogen-bond acceptors (Lipinski definition) is 17. The molecule has 9 aliphatic rings. The van der Waals surface area contributed by atoms with E-state index in [1.807, 2.05) is 206 Å². The summed E-state index contributed by atoms with van der Waals surface area (Å²) in [5, 5.41) is 54.4. The lowest BCUT2D eigenvalue weighted by atomic mass is 9.82. The first-order chi connectivity index (χ1) is 59.4. The van der Waals surface area contributed by atoms with Crippen LogP contribution in [0.5, 0.6) is 0 Å². The number of carbonyl (C=O) groups is 6. The van der Waals surface area contributed by atoms with Crippen LogP contribution in [0.15, 0.2) is 279 Å². The lowest BCUT2D eigenvalue weighted by molar-refractivity contribution is -0.938. The Kier molecular flexibility index (Phi) is 49.8. The average Bonchev–Trinajstić information content (AvgIpc) is 0.763. The number of nitrogens with two attached hydrogens (primary N) is 1. The van der Waals surface area contributed by atoms with E-state index in [4.69, 9.17) is 77.2 Å². The molecule has 6 bridgehead atoms. The zero-order valence-electron chi connectivity index (χ0n) is 68.5. The maximum absolute atomic E-state index is 13.5. The molecule has 7 atom stereocenters. The minimum atomic E-state index is -0.929. The third-order valence-electron chi connectivity index (χ3n) is 21.3. The molecule has 19 rings (SSSR count). The number of fused-ring (bicyclic) bond motifs is 9. The maximum atomic E-state index is 13.5. The van der Waals surface area contributed by atoms with Gasteiger partial charge in [-0.15, -0.1) is 0 Å². The van der Waals surface area contributed by atoms with E-state index in [-0.39, 0.29) is 71.5 Å². The molecule has 0 spiro atoms. The maximum Gasteiger partial charge on any atom is 0.333 e. The van der Waals surface area contributed by atoms with E-state index in [1.54, 1.807) is 84.9 Å². The number of aliphatic carboxylic acids is 2. The molecule has 0 amide bonds. The number of nitrogen functional groups attached to an aromatic ring is 1. The van der Waals surface area contributed by atoms with Crippen LogP contribution in [0.2, 0.25) is 20.1 Å². The number of benzene rings is 10. The van der Waals surface area contributed by atoms with E-state index in [1.165, 1.54) is 39.8 Å². The van der Waals surface area contributed by atoms with E-state index in [9.17, 15) is 39.0 Å². The lowest BCUT2D eigenvalue weighted by Crippen LogP contribution is -2.65. The van der Waals surface area contributed by atoms with E-state index < -0.39 is 34.9 Å². The molecule has 127 heavy (non-hydrogen) atoms. The van der Waals surface area contributed by atoms with Gasteiger partial charge in [0.15, 0.2) is 30.0 Å². The number of carbonyl (C=O) groups excluding carboxylic acids is 4. The number of carboxylic acid groups (broad SMARTS) is 2. The molecular weight excluding hydrogens is 1820 g/mol. The number of quaternary nitrogens is 1. The van der Waals surface area contributed by atoms with Gasteiger partial charge in [-0.2, -0.15) is 10.5 Å². The fourth-order valence-electron chi connectivity index (χ4n) is 14.9. The van der Waals surface area contributed by atoms with Crippen molar-refractivity contribution in [1.29, 1.82) is 10.5 Å². The van der Waals surface area contributed by atoms with Crippen LogP contribution in [0.25, 0.3) is 0 Å². The van der Waals surface area contributed by atoms with E-state index in [0.717, 1.165) is 110 Å². The smallest absolute Gasteiger partial charge is 0.333 e. The molecule has 9 saturated heterocycles. The summed E-state index contributed by atoms with van der Waals surface area (Å²) >= 11 is 29.7. The summed E-state index contributed by atoms with van der Waals surface area (Å²) in [5.41, 5.74) is 13.2. The number of Topliss-reactive ketones (excluding diaryl/α,β-unsaturated/α-hetero) is 2. The lowest BCUT2D eigenvalue weighted by Gasteiger charge is -2.51. The van der Waals surface area contributed by atoms with Crippen LogP contribution in [0.3, 0.4) is 0 Å². The third-order valence-corrected chi connectivity index (χ3v) is 23.8. The van der Waals surface area contributed by atoms with Crippen LogP contribution in [0.1, 0.15) is 148 Å². The van der Waals surface area contributed by atoms with Crippen LogP contribution >= 0.6 is 78.3 Å². The van der Waals surface area contributed by atoms with Crippen molar-refractivity contribution in [2.75, 3.05) is 92.5 Å². The Morgan fingerprint density at radius 2 is 0.748 bits per heavy atom. The second-order valence-electron chi connectivity index (χ2n) is 29.9. The number of esters is 2. The summed E-state index contributed by atoms with van der Waals surface area (Å²) in [5.74, 6) is -0.618. The number of ketones is 2. The molecular formula is C101H120Br2Cl4N9O11+. The number of aliphatic hydroxyl groups is 1. The first-order valence-electron chi connectivity index (χ1n) is 40.5. The van der Waals surface area contributed by atoms with E-state index in [0.29, 0.717) is 71.9 Å². The Labute approximate surface area is 787 Å². The van der Waals surface area contributed by atoms with Crippen LogP contribution in [-0.2, 0) is 28.7 Å². The molecule has 10 aromatic carbocycles. The van der Waals surface area contributed by atoms with Gasteiger partial charge in [0.2, 0.25) is 5.78 Å². The SMILES string of the molecule is C.C.C.C.CC#N.CC#N.Nc1ccccc1.O=C(CBr)c1ccccc1.O=C(C[N+]12CCC(CC1)[C@@H](OC(=O)C(Nc1ccccc1)c1ccc(Cl)cc1)C2)c1ccccc1.O=C(O)C(Br)c1ccc(Cl)cc1.O=C(O)C(Nc1ccccc1)c1ccc(Cl)cc1.O=C(O[C@H]1CN2CCC1CC2)C(Nc1ccccc1)c1ccc(Cl)cc1.O[C@H]1CN2CCC1CC2. The molecule has 0 aliphatic carbocycles. The highest BCUT2D eigenvalue weighted by molar-refractivity contribution is 9.09. The highest BCUT2D eigenvalue weighted by atomic mass is 79.9. The molecule has 10 aromatic rings. The van der Waals surface area contributed by atoms with Crippen molar-refractivity contribution >= 4 is 136 Å². The fourth-order valence-corrected chi connectivity index (χ4v) is 16.0. The number of aliphatic hydroxyl groups excluding tert-OH is 1. The zero-order chi connectivity index (χ0) is 88.5. The Balaban J connectivity index is 0.000000325. The van der Waals surface area contributed by atoms with Crippen LogP contribution in [0.4, 0.5) is 22.7 Å². The number of alkyl halides is 2. The Morgan fingerprint density at radius 3 is 1.05 bits per heavy atom. The molecule has 0 aromatic heterocycles. The summed E-state index contributed by atoms with van der Waals surface area (Å²) in [6, 6.07) is 86.4. The minimum Gasteiger partial charge on any atom is -0.480 e. The molecule has 4 unspecified atom stereocenters. The molecule has 9 heterocycles. The largest absolute Gasteiger partial charge is 0.480 e. The number of anilines is 4. The van der Waals surface area contributed by atoms with Crippen molar-refractivity contribution in [2.45, 2.75) is 123 Å². The number of carboxylic acids is 2. The second-order valence-corrected chi connectivity index (χ2v) is 33.1. The van der Waals surface area contributed by atoms with Gasteiger partial charge in [-0.1, -0.05) is 290 Å². The van der Waals surface area contributed by atoms with Gasteiger partial charge >= 0.3 is 23.9 Å². The molecule has 8 N–H and O–H groups in total. The summed E-state index contributed by atoms with van der Waals surface area (Å²) in [6.07, 6.45) is 6.43. The van der Waals surface area contributed by atoms with Gasteiger partial charge in [0, 0.05) is 99.7 Å². The number of rotatable bonds is 21. The quantitative estimate of drug-likeness (QED) is 0.0116. The van der Waals surface area contributed by atoms with E-state index in [2.05, 4.69) is 57.6 Å². The number of nitrogens with one attached hydrogen (secondary N) is 3. The highest BCUT2D eigenvalue weighted by Gasteiger charge is 2.49. The summed E-state index contributed by atoms with van der Waals surface area (Å²) in [4.78, 5) is 76.4. The topological polar surface area (TPSA) is 298 Å². The molecule has 0 saturated carbocycles. The van der Waals surface area contributed by atoms with Gasteiger partial charge in [-0.05, 0) is 183 Å². The Morgan fingerprint density at radius 1 is 0.441 bits per heavy atom. The Bertz CT molecular complexity index is 4910. The summed E-state index contributed by atoms with van der Waals surface area (Å²) < 4.78 is 12.9. The number of nitriles is 2. The number of hydrogen-bond donors (Lipinski definition) is 7. The predicted molar refractivity (Wildman–Crippen MR) is 523 cm³/mol. The highest BCUT2D eigenvalue weighted by Crippen LogP contribution is 2.38. The molecule has 0 radical (unpaired) electrons. The van der Waals surface area contributed by atoms with Crippen molar-refractivity contribution in [2.24, 2.45) is 17.8 Å². The van der Waals surface area contributed by atoms with Gasteiger partial charge in [0.05, 0.1) is 36.7 Å². The van der Waals surface area contributed by atoms with Gasteiger partial charge < -0.3 is 55.9 Å². The molecule has 9 fully saturated rings. The fraction of sp³-hybridized carbons (Fsp3) is 0.327. The van der Waals surface area contributed by atoms with Gasteiger partial charge in [0.25, 0.3) is 0 Å². The van der Waals surface area contributed by atoms with Crippen LogP contribution < -0.4 is 21.7 Å². The Hall–Kier alpha value is -10.4.